The van der Waals surface area contributed by atoms with Crippen LogP contribution in [0.1, 0.15) is 55.1 Å². The van der Waals surface area contributed by atoms with Crippen LogP contribution < -0.4 is 5.32 Å². The lowest BCUT2D eigenvalue weighted by Crippen LogP contribution is -2.18. The van der Waals surface area contributed by atoms with E-state index in [1.54, 1.807) is 12.1 Å². The number of hydrogen-bond acceptors (Lipinski definition) is 3. The van der Waals surface area contributed by atoms with Crippen molar-refractivity contribution in [2.75, 3.05) is 11.9 Å². The Morgan fingerprint density at radius 2 is 2.11 bits per heavy atom. The molecule has 1 aromatic rings. The average molecular weight is 262 g/mol. The van der Waals surface area contributed by atoms with E-state index in [1.165, 1.54) is 32.1 Å². The van der Waals surface area contributed by atoms with Gasteiger partial charge in [0.1, 0.15) is 5.82 Å². The maximum absolute atomic E-state index is 11.1. The zero-order valence-electron chi connectivity index (χ0n) is 11.5. The van der Waals surface area contributed by atoms with Crippen molar-refractivity contribution in [2.24, 2.45) is 5.92 Å². The minimum atomic E-state index is -0.891. The van der Waals surface area contributed by atoms with E-state index in [9.17, 15) is 4.79 Å². The number of carboxylic acids is 1. The maximum atomic E-state index is 11.1. The predicted molar refractivity (Wildman–Crippen MR) is 75.6 cm³/mol. The van der Waals surface area contributed by atoms with Crippen molar-refractivity contribution >= 4 is 11.8 Å². The average Bonchev–Trinajstić information content (AvgIpc) is 2.45. The summed E-state index contributed by atoms with van der Waals surface area (Å²) in [6, 6.07) is 3.28. The first kappa shape index (κ1) is 13.8. The van der Waals surface area contributed by atoms with Crippen molar-refractivity contribution in [3.63, 3.8) is 0 Å². The molecular formula is C15H22N2O2. The topological polar surface area (TPSA) is 62.2 Å². The molecule has 0 amide bonds. The van der Waals surface area contributed by atoms with E-state index < -0.39 is 5.97 Å². The molecule has 0 aliphatic heterocycles. The minimum Gasteiger partial charge on any atom is -0.478 e. The molecule has 19 heavy (non-hydrogen) atoms. The second-order valence-corrected chi connectivity index (χ2v) is 5.28. The van der Waals surface area contributed by atoms with Gasteiger partial charge in [-0.05, 0) is 37.3 Å². The maximum Gasteiger partial charge on any atom is 0.335 e. The number of aryl methyl sites for hydroxylation is 1. The number of pyridine rings is 1. The molecule has 1 saturated carbocycles. The molecule has 0 saturated heterocycles. The van der Waals surface area contributed by atoms with Crippen molar-refractivity contribution in [3.8, 4) is 0 Å². The molecule has 1 fully saturated rings. The third kappa shape index (κ3) is 3.94. The van der Waals surface area contributed by atoms with Gasteiger partial charge in [-0.2, -0.15) is 0 Å². The van der Waals surface area contributed by atoms with Crippen LogP contribution in [0.4, 0.5) is 5.82 Å². The van der Waals surface area contributed by atoms with Gasteiger partial charge in [-0.25, -0.2) is 9.78 Å². The number of aromatic nitrogens is 1. The van der Waals surface area contributed by atoms with Crippen molar-refractivity contribution in [1.82, 2.24) is 4.98 Å². The Labute approximate surface area is 114 Å². The van der Waals surface area contributed by atoms with Gasteiger partial charge in [0, 0.05) is 12.2 Å². The highest BCUT2D eigenvalue weighted by Crippen LogP contribution is 2.24. The number of anilines is 1. The molecule has 4 nitrogen and oxygen atoms in total. The second kappa shape index (κ2) is 6.55. The van der Waals surface area contributed by atoms with Gasteiger partial charge in [-0.15, -0.1) is 0 Å². The molecule has 0 unspecified atom stereocenters. The highest BCUT2D eigenvalue weighted by Gasteiger charge is 2.14. The smallest absolute Gasteiger partial charge is 0.335 e. The van der Waals surface area contributed by atoms with Crippen molar-refractivity contribution in [3.05, 3.63) is 23.4 Å². The lowest BCUT2D eigenvalue weighted by atomic mass is 9.89. The van der Waals surface area contributed by atoms with Crippen LogP contribution in [0.5, 0.6) is 0 Å². The van der Waals surface area contributed by atoms with E-state index in [0.29, 0.717) is 17.3 Å². The second-order valence-electron chi connectivity index (χ2n) is 5.28. The standard InChI is InChI=1S/C15H22N2O2/c1-2-13-8-12(15(18)19)9-14(17-13)16-10-11-6-4-3-5-7-11/h8-9,11H,2-7,10H2,1H3,(H,16,17)(H,18,19). The van der Waals surface area contributed by atoms with E-state index in [1.807, 2.05) is 6.92 Å². The fourth-order valence-electron chi connectivity index (χ4n) is 2.62. The zero-order chi connectivity index (χ0) is 13.7. The molecule has 0 spiro atoms. The summed E-state index contributed by atoms with van der Waals surface area (Å²) < 4.78 is 0. The van der Waals surface area contributed by atoms with E-state index >= 15 is 0 Å². The highest BCUT2D eigenvalue weighted by molar-refractivity contribution is 5.88. The Balaban J connectivity index is 2.02. The third-order valence-electron chi connectivity index (χ3n) is 3.78. The summed E-state index contributed by atoms with van der Waals surface area (Å²) in [5, 5.41) is 12.4. The van der Waals surface area contributed by atoms with E-state index in [-0.39, 0.29) is 0 Å². The monoisotopic (exact) mass is 262 g/mol. The number of nitrogens with one attached hydrogen (secondary N) is 1. The molecule has 1 aliphatic rings. The number of rotatable bonds is 5. The van der Waals surface area contributed by atoms with Crippen LogP contribution in [-0.4, -0.2) is 22.6 Å². The SMILES string of the molecule is CCc1cc(C(=O)O)cc(NCC2CCCCC2)n1. The Morgan fingerprint density at radius 3 is 2.74 bits per heavy atom. The van der Waals surface area contributed by atoms with Gasteiger partial charge in [0.25, 0.3) is 0 Å². The van der Waals surface area contributed by atoms with Crippen LogP contribution in [0, 0.1) is 5.92 Å². The highest BCUT2D eigenvalue weighted by atomic mass is 16.4. The molecule has 1 aromatic heterocycles. The summed E-state index contributed by atoms with van der Waals surface area (Å²) in [6.07, 6.45) is 7.27. The number of carbonyl (C=O) groups is 1. The molecule has 0 radical (unpaired) electrons. The summed E-state index contributed by atoms with van der Waals surface area (Å²) in [4.78, 5) is 15.5. The van der Waals surface area contributed by atoms with Crippen LogP contribution in [0.2, 0.25) is 0 Å². The molecule has 0 bridgehead atoms. The molecule has 104 valence electrons. The largest absolute Gasteiger partial charge is 0.478 e. The van der Waals surface area contributed by atoms with Gasteiger partial charge in [0.05, 0.1) is 5.56 Å². The van der Waals surface area contributed by atoms with Crippen LogP contribution >= 0.6 is 0 Å². The third-order valence-corrected chi connectivity index (χ3v) is 3.78. The predicted octanol–water partition coefficient (Wildman–Crippen LogP) is 3.33. The van der Waals surface area contributed by atoms with Gasteiger partial charge >= 0.3 is 5.97 Å². The molecule has 4 heteroatoms. The molecule has 0 aromatic carbocycles. The molecule has 2 rings (SSSR count). The summed E-state index contributed by atoms with van der Waals surface area (Å²) in [5.41, 5.74) is 1.14. The quantitative estimate of drug-likeness (QED) is 0.854. The summed E-state index contributed by atoms with van der Waals surface area (Å²) in [6.45, 7) is 2.89. The van der Waals surface area contributed by atoms with Crippen molar-refractivity contribution < 1.29 is 9.90 Å². The lowest BCUT2D eigenvalue weighted by molar-refractivity contribution is 0.0696. The Hall–Kier alpha value is -1.58. The van der Waals surface area contributed by atoms with E-state index in [2.05, 4.69) is 10.3 Å². The van der Waals surface area contributed by atoms with Crippen LogP contribution in [0.25, 0.3) is 0 Å². The fourth-order valence-corrected chi connectivity index (χ4v) is 2.62. The summed E-state index contributed by atoms with van der Waals surface area (Å²) >= 11 is 0. The Morgan fingerprint density at radius 1 is 1.37 bits per heavy atom. The van der Waals surface area contributed by atoms with E-state index in [0.717, 1.165) is 18.7 Å². The van der Waals surface area contributed by atoms with Crippen LogP contribution in [0.15, 0.2) is 12.1 Å². The normalized spacial score (nSPS) is 16.3. The first-order valence-corrected chi connectivity index (χ1v) is 7.17. The Kier molecular flexibility index (Phi) is 4.77. The minimum absolute atomic E-state index is 0.318. The fraction of sp³-hybridized carbons (Fsp3) is 0.600. The first-order chi connectivity index (χ1) is 9.19. The molecule has 1 aliphatic carbocycles. The molecule has 0 atom stereocenters. The Bertz CT molecular complexity index is 440. The number of hydrogen-bond donors (Lipinski definition) is 2. The van der Waals surface area contributed by atoms with E-state index in [4.69, 9.17) is 5.11 Å². The number of nitrogens with zero attached hydrogens (tertiary/aromatic N) is 1. The van der Waals surface area contributed by atoms with Crippen LogP contribution in [-0.2, 0) is 6.42 Å². The number of carboxylic acid groups (broad SMARTS) is 1. The van der Waals surface area contributed by atoms with Crippen LogP contribution in [0.3, 0.4) is 0 Å². The lowest BCUT2D eigenvalue weighted by Gasteiger charge is -2.22. The van der Waals surface area contributed by atoms with Gasteiger partial charge < -0.3 is 10.4 Å². The summed E-state index contributed by atoms with van der Waals surface area (Å²) in [7, 11) is 0. The molecule has 1 heterocycles. The van der Waals surface area contributed by atoms with Gasteiger partial charge in [0.2, 0.25) is 0 Å². The molecular weight excluding hydrogens is 240 g/mol. The van der Waals surface area contributed by atoms with Gasteiger partial charge in [-0.3, -0.25) is 0 Å². The first-order valence-electron chi connectivity index (χ1n) is 7.17. The molecule has 2 N–H and O–H groups in total. The summed E-state index contributed by atoms with van der Waals surface area (Å²) in [5.74, 6) is 0.509. The van der Waals surface area contributed by atoms with Crippen molar-refractivity contribution in [2.45, 2.75) is 45.4 Å². The van der Waals surface area contributed by atoms with Crippen molar-refractivity contribution in [1.29, 1.82) is 0 Å². The van der Waals surface area contributed by atoms with Gasteiger partial charge in [-0.1, -0.05) is 26.2 Å². The zero-order valence-corrected chi connectivity index (χ0v) is 11.5. The number of aromatic carboxylic acids is 1. The van der Waals surface area contributed by atoms with Gasteiger partial charge in [0.15, 0.2) is 0 Å².